The molecule has 0 spiro atoms. The van der Waals surface area contributed by atoms with Gasteiger partial charge in [-0.25, -0.2) is 9.37 Å². The van der Waals surface area contributed by atoms with Crippen LogP contribution in [-0.4, -0.2) is 44.7 Å². The molecule has 0 saturated carbocycles. The fraction of sp³-hybridized carbons (Fsp3) is 0.333. The number of aromatic amines is 1. The Morgan fingerprint density at radius 3 is 2.86 bits per heavy atom. The predicted octanol–water partition coefficient (Wildman–Crippen LogP) is 3.50. The Hall–Kier alpha value is -2.45. The van der Waals surface area contributed by atoms with Crippen molar-refractivity contribution < 1.29 is 4.39 Å². The fourth-order valence-corrected chi connectivity index (χ4v) is 3.23. The Labute approximate surface area is 172 Å². The first-order valence-corrected chi connectivity index (χ1v) is 9.44. The lowest BCUT2D eigenvalue weighted by atomic mass is 10.1. The summed E-state index contributed by atoms with van der Waals surface area (Å²) in [6, 6.07) is 2.69. The van der Waals surface area contributed by atoms with Gasteiger partial charge in [-0.15, -0.1) is 0 Å². The summed E-state index contributed by atoms with van der Waals surface area (Å²) in [5.41, 5.74) is 7.12. The molecule has 0 bridgehead atoms. The van der Waals surface area contributed by atoms with E-state index in [9.17, 15) is 4.39 Å². The molecule has 2 aromatic rings. The van der Waals surface area contributed by atoms with E-state index in [0.717, 1.165) is 0 Å². The molecule has 10 heteroatoms. The number of allylic oxidation sites excluding steroid dienone is 1. The zero-order valence-electron chi connectivity index (χ0n) is 15.4. The van der Waals surface area contributed by atoms with Crippen molar-refractivity contribution in [3.05, 3.63) is 57.0 Å². The number of nitrogens with one attached hydrogen (secondary N) is 2. The number of aromatic nitrogens is 3. The molecule has 1 aromatic carbocycles. The van der Waals surface area contributed by atoms with E-state index in [0.29, 0.717) is 35.2 Å². The summed E-state index contributed by atoms with van der Waals surface area (Å²) in [5.74, 6) is 0.853. The molecule has 4 N–H and O–H groups in total. The van der Waals surface area contributed by atoms with Gasteiger partial charge in [0, 0.05) is 29.6 Å². The lowest BCUT2D eigenvalue weighted by Crippen LogP contribution is -2.38. The van der Waals surface area contributed by atoms with E-state index in [4.69, 9.17) is 34.3 Å². The molecule has 0 saturated heterocycles. The Morgan fingerprint density at radius 1 is 1.43 bits per heavy atom. The quantitative estimate of drug-likeness (QED) is 0.505. The average Bonchev–Trinajstić information content (AvgIpc) is 3.15. The van der Waals surface area contributed by atoms with E-state index in [1.54, 1.807) is 6.08 Å². The molecule has 0 radical (unpaired) electrons. The third kappa shape index (κ3) is 4.18. The Balaban J connectivity index is 1.91. The van der Waals surface area contributed by atoms with Gasteiger partial charge in [-0.1, -0.05) is 37.0 Å². The van der Waals surface area contributed by atoms with Gasteiger partial charge in [0.1, 0.15) is 23.2 Å². The van der Waals surface area contributed by atoms with Gasteiger partial charge in [0.25, 0.3) is 0 Å². The molecule has 0 aliphatic carbocycles. The highest BCUT2D eigenvalue weighted by Gasteiger charge is 2.22. The van der Waals surface area contributed by atoms with Crippen LogP contribution in [0, 0.1) is 11.2 Å². The minimum atomic E-state index is -0.542. The van der Waals surface area contributed by atoms with Crippen molar-refractivity contribution in [2.45, 2.75) is 26.3 Å². The van der Waals surface area contributed by atoms with Gasteiger partial charge in [-0.3, -0.25) is 15.5 Å². The number of benzene rings is 1. The number of hydrogen-bond donors (Lipinski definition) is 3. The molecular weight excluding hydrogens is 404 g/mol. The summed E-state index contributed by atoms with van der Waals surface area (Å²) in [5, 5.41) is 15.6. The second-order valence-electron chi connectivity index (χ2n) is 6.65. The monoisotopic (exact) mass is 423 g/mol. The van der Waals surface area contributed by atoms with Crippen molar-refractivity contribution >= 4 is 34.7 Å². The summed E-state index contributed by atoms with van der Waals surface area (Å²) in [4.78, 5) is 10.4. The van der Waals surface area contributed by atoms with Crippen LogP contribution in [0.5, 0.6) is 0 Å². The van der Waals surface area contributed by atoms with Crippen molar-refractivity contribution in [1.29, 1.82) is 5.41 Å². The van der Waals surface area contributed by atoms with Gasteiger partial charge in [-0.05, 0) is 18.2 Å². The van der Waals surface area contributed by atoms with E-state index in [1.165, 1.54) is 12.1 Å². The zero-order chi connectivity index (χ0) is 20.4. The van der Waals surface area contributed by atoms with E-state index in [1.807, 2.05) is 18.7 Å². The van der Waals surface area contributed by atoms with E-state index < -0.39 is 5.82 Å². The predicted molar refractivity (Wildman–Crippen MR) is 109 cm³/mol. The number of rotatable bonds is 5. The van der Waals surface area contributed by atoms with E-state index in [2.05, 4.69) is 20.2 Å². The molecule has 28 heavy (non-hydrogen) atoms. The molecule has 0 fully saturated rings. The Bertz CT molecular complexity index is 965. The van der Waals surface area contributed by atoms with Crippen LogP contribution in [0.4, 0.5) is 4.39 Å². The number of hydrogen-bond acceptors (Lipinski definition) is 6. The van der Waals surface area contributed by atoms with Crippen LogP contribution >= 0.6 is 23.2 Å². The number of amidine groups is 1. The highest BCUT2D eigenvalue weighted by atomic mass is 35.5. The van der Waals surface area contributed by atoms with Crippen LogP contribution < -0.4 is 5.73 Å². The first-order chi connectivity index (χ1) is 13.3. The normalized spacial score (nSPS) is 16.0. The second kappa shape index (κ2) is 8.28. The van der Waals surface area contributed by atoms with E-state index in [-0.39, 0.29) is 34.9 Å². The lowest BCUT2D eigenvalue weighted by molar-refractivity contribution is 0.352. The van der Waals surface area contributed by atoms with Crippen molar-refractivity contribution in [3.63, 3.8) is 0 Å². The summed E-state index contributed by atoms with van der Waals surface area (Å²) in [6.07, 6.45) is 1.55. The molecule has 1 aliphatic heterocycles. The Morgan fingerprint density at radius 2 is 2.18 bits per heavy atom. The van der Waals surface area contributed by atoms with Crippen LogP contribution in [0.15, 0.2) is 28.9 Å². The average molecular weight is 424 g/mol. The summed E-state index contributed by atoms with van der Waals surface area (Å²) < 4.78 is 13.9. The number of H-pyrrole nitrogens is 1. The summed E-state index contributed by atoms with van der Waals surface area (Å²) >= 11 is 12.3. The van der Waals surface area contributed by atoms with Crippen molar-refractivity contribution in [3.8, 4) is 0 Å². The van der Waals surface area contributed by atoms with Gasteiger partial charge in [0.15, 0.2) is 5.82 Å². The van der Waals surface area contributed by atoms with Crippen LogP contribution in [0.2, 0.25) is 10.0 Å². The molecule has 2 heterocycles. The maximum atomic E-state index is 13.9. The topological polar surface area (TPSA) is 107 Å². The third-order valence-corrected chi connectivity index (χ3v) is 5.08. The molecule has 0 unspecified atom stereocenters. The maximum absolute atomic E-state index is 13.9. The maximum Gasteiger partial charge on any atom is 0.199 e. The largest absolute Gasteiger partial charge is 0.382 e. The SMILES string of the molecule is CC(C)c1nc(C(=N)/C=C2\C(N)=NCCN2Cc2c(Cl)ccc(F)c2Cl)n[nH]1. The minimum Gasteiger partial charge on any atom is -0.382 e. The number of aliphatic imine (C=N–C) groups is 1. The minimum absolute atomic E-state index is 0.0291. The van der Waals surface area contributed by atoms with Crippen LogP contribution in [0.1, 0.15) is 37.0 Å². The van der Waals surface area contributed by atoms with Gasteiger partial charge in [-0.2, -0.15) is 5.10 Å². The molecule has 148 valence electrons. The molecule has 0 amide bonds. The van der Waals surface area contributed by atoms with Gasteiger partial charge < -0.3 is 10.6 Å². The zero-order valence-corrected chi connectivity index (χ0v) is 16.9. The van der Waals surface area contributed by atoms with Crippen LogP contribution in [-0.2, 0) is 6.54 Å². The van der Waals surface area contributed by atoms with Crippen LogP contribution in [0.25, 0.3) is 0 Å². The first kappa shape index (κ1) is 20.3. The van der Waals surface area contributed by atoms with Gasteiger partial charge in [0.2, 0.25) is 0 Å². The molecule has 0 atom stereocenters. The molecule has 1 aliphatic rings. The van der Waals surface area contributed by atoms with Gasteiger partial charge >= 0.3 is 0 Å². The highest BCUT2D eigenvalue weighted by Crippen LogP contribution is 2.30. The highest BCUT2D eigenvalue weighted by molar-refractivity contribution is 6.36. The lowest BCUT2D eigenvalue weighted by Gasteiger charge is -2.30. The molecule has 1 aromatic heterocycles. The molecule has 3 rings (SSSR count). The standard InChI is InChI=1S/C18H20Cl2FN7/c1-9(2)17-25-18(27-26-17)13(22)7-14-16(23)24-5-6-28(14)8-10-11(19)3-4-12(21)15(10)20/h3-4,7,9,22H,5-6,8H2,1-2H3,(H2,23,24)(H,25,26,27)/b14-7+,22-13?. The van der Waals surface area contributed by atoms with Crippen molar-refractivity contribution in [2.75, 3.05) is 13.1 Å². The molecular formula is C18H20Cl2FN7. The second-order valence-corrected chi connectivity index (χ2v) is 7.44. The Kier molecular flexibility index (Phi) is 6.00. The first-order valence-electron chi connectivity index (χ1n) is 8.68. The van der Waals surface area contributed by atoms with Crippen molar-refractivity contribution in [2.24, 2.45) is 10.7 Å². The van der Waals surface area contributed by atoms with Gasteiger partial charge in [0.05, 0.1) is 17.3 Å². The number of nitrogens with two attached hydrogens (primary N) is 1. The smallest absolute Gasteiger partial charge is 0.199 e. The fourth-order valence-electron chi connectivity index (χ4n) is 2.74. The van der Waals surface area contributed by atoms with Crippen LogP contribution in [0.3, 0.4) is 0 Å². The summed E-state index contributed by atoms with van der Waals surface area (Å²) in [6.45, 7) is 5.18. The number of halogens is 3. The third-order valence-electron chi connectivity index (χ3n) is 4.31. The van der Waals surface area contributed by atoms with Crippen molar-refractivity contribution in [1.82, 2.24) is 20.1 Å². The molecule has 7 nitrogen and oxygen atoms in total. The van der Waals surface area contributed by atoms with E-state index >= 15 is 0 Å². The number of nitrogens with zero attached hydrogens (tertiary/aromatic N) is 4. The summed E-state index contributed by atoms with van der Waals surface area (Å²) in [7, 11) is 0.